The molecule has 0 aromatic carbocycles. The molecule has 15 heavy (non-hydrogen) atoms. The highest BCUT2D eigenvalue weighted by molar-refractivity contribution is 5.76. The van der Waals surface area contributed by atoms with Crippen molar-refractivity contribution in [1.29, 1.82) is 0 Å². The number of methoxy groups -OCH3 is 1. The van der Waals surface area contributed by atoms with Crippen molar-refractivity contribution in [2.75, 3.05) is 33.4 Å². The second-order valence-electron chi connectivity index (χ2n) is 3.78. The van der Waals surface area contributed by atoms with Gasteiger partial charge in [-0.05, 0) is 25.0 Å². The molecular weight excluding hydrogens is 192 g/mol. The Balaban J connectivity index is 2.32. The zero-order valence-electron chi connectivity index (χ0n) is 9.37. The maximum absolute atomic E-state index is 11.6. The summed E-state index contributed by atoms with van der Waals surface area (Å²) in [5.41, 5.74) is 6.66. The average molecular weight is 212 g/mol. The van der Waals surface area contributed by atoms with Crippen molar-refractivity contribution in [3.8, 4) is 0 Å². The van der Waals surface area contributed by atoms with Gasteiger partial charge in [-0.15, -0.1) is 0 Å². The van der Waals surface area contributed by atoms with Crippen LogP contribution in [0.4, 0.5) is 0 Å². The molecule has 0 spiro atoms. The third-order valence-corrected chi connectivity index (χ3v) is 2.58. The summed E-state index contributed by atoms with van der Waals surface area (Å²) in [6.45, 7) is 2.82. The Bertz CT molecular complexity index is 239. The standard InChI is InChI=1S/C11H20N2O2/c1-15-9-10-4-7-13(8-5-10)11(14)3-2-6-12/h4H,2-3,5-9,12H2,1H3. The van der Waals surface area contributed by atoms with Crippen molar-refractivity contribution in [2.24, 2.45) is 5.73 Å². The Kier molecular flexibility index (Phi) is 5.36. The molecule has 0 saturated carbocycles. The van der Waals surface area contributed by atoms with Crippen LogP contribution in [0.5, 0.6) is 0 Å². The maximum atomic E-state index is 11.6. The fourth-order valence-electron chi connectivity index (χ4n) is 1.67. The molecular formula is C11H20N2O2. The summed E-state index contributed by atoms with van der Waals surface area (Å²) in [5, 5.41) is 0. The lowest BCUT2D eigenvalue weighted by Crippen LogP contribution is -2.35. The van der Waals surface area contributed by atoms with Gasteiger partial charge in [0.05, 0.1) is 6.61 Å². The topological polar surface area (TPSA) is 55.6 Å². The largest absolute Gasteiger partial charge is 0.380 e. The molecule has 86 valence electrons. The molecule has 0 aliphatic carbocycles. The number of rotatable bonds is 5. The second-order valence-corrected chi connectivity index (χ2v) is 3.78. The summed E-state index contributed by atoms with van der Waals surface area (Å²) in [6.07, 6.45) is 4.38. The minimum absolute atomic E-state index is 0.216. The molecule has 0 atom stereocenters. The summed E-state index contributed by atoms with van der Waals surface area (Å²) in [6, 6.07) is 0. The molecule has 1 amide bonds. The van der Waals surface area contributed by atoms with E-state index in [0.29, 0.717) is 19.6 Å². The molecule has 0 saturated heterocycles. The van der Waals surface area contributed by atoms with E-state index in [4.69, 9.17) is 10.5 Å². The molecule has 1 aliphatic rings. The van der Waals surface area contributed by atoms with Gasteiger partial charge in [0, 0.05) is 26.6 Å². The van der Waals surface area contributed by atoms with Crippen LogP contribution in [-0.4, -0.2) is 44.2 Å². The summed E-state index contributed by atoms with van der Waals surface area (Å²) in [5.74, 6) is 0.216. The molecule has 0 unspecified atom stereocenters. The van der Waals surface area contributed by atoms with Gasteiger partial charge in [-0.3, -0.25) is 4.79 Å². The average Bonchev–Trinajstić information content (AvgIpc) is 2.27. The predicted molar refractivity (Wildman–Crippen MR) is 59.4 cm³/mol. The monoisotopic (exact) mass is 212 g/mol. The van der Waals surface area contributed by atoms with Crippen LogP contribution in [0, 0.1) is 0 Å². The molecule has 0 radical (unpaired) electrons. The van der Waals surface area contributed by atoms with E-state index in [9.17, 15) is 4.79 Å². The number of ether oxygens (including phenoxy) is 1. The van der Waals surface area contributed by atoms with E-state index in [2.05, 4.69) is 6.08 Å². The van der Waals surface area contributed by atoms with Gasteiger partial charge in [-0.2, -0.15) is 0 Å². The van der Waals surface area contributed by atoms with Crippen LogP contribution < -0.4 is 5.73 Å². The molecule has 0 aromatic heterocycles. The van der Waals surface area contributed by atoms with Crippen LogP contribution in [0.2, 0.25) is 0 Å². The quantitative estimate of drug-likeness (QED) is 0.676. The fraction of sp³-hybridized carbons (Fsp3) is 0.727. The molecule has 4 heteroatoms. The van der Waals surface area contributed by atoms with Gasteiger partial charge in [0.2, 0.25) is 5.91 Å². The number of nitrogens with zero attached hydrogens (tertiary/aromatic N) is 1. The smallest absolute Gasteiger partial charge is 0.222 e. The van der Waals surface area contributed by atoms with Crippen molar-refractivity contribution in [3.63, 3.8) is 0 Å². The zero-order chi connectivity index (χ0) is 11.1. The van der Waals surface area contributed by atoms with E-state index < -0.39 is 0 Å². The number of carbonyl (C=O) groups excluding carboxylic acids is 1. The molecule has 1 rings (SSSR count). The first-order valence-corrected chi connectivity index (χ1v) is 5.42. The second kappa shape index (κ2) is 6.58. The highest BCUT2D eigenvalue weighted by atomic mass is 16.5. The van der Waals surface area contributed by atoms with Crippen LogP contribution in [0.25, 0.3) is 0 Å². The summed E-state index contributed by atoms with van der Waals surface area (Å²) < 4.78 is 5.05. The van der Waals surface area contributed by atoms with Crippen LogP contribution >= 0.6 is 0 Å². The molecule has 0 aromatic rings. The van der Waals surface area contributed by atoms with Gasteiger partial charge < -0.3 is 15.4 Å². The van der Waals surface area contributed by atoms with Gasteiger partial charge in [0.15, 0.2) is 0 Å². The third-order valence-electron chi connectivity index (χ3n) is 2.58. The lowest BCUT2D eigenvalue weighted by atomic mass is 10.1. The Hall–Kier alpha value is -0.870. The normalized spacial score (nSPS) is 16.4. The van der Waals surface area contributed by atoms with E-state index in [1.54, 1.807) is 7.11 Å². The van der Waals surface area contributed by atoms with Gasteiger partial charge in [0.25, 0.3) is 0 Å². The highest BCUT2D eigenvalue weighted by Crippen LogP contribution is 2.12. The van der Waals surface area contributed by atoms with Crippen LogP contribution in [0.15, 0.2) is 11.6 Å². The van der Waals surface area contributed by atoms with Crippen LogP contribution in [0.3, 0.4) is 0 Å². The number of amides is 1. The molecule has 2 N–H and O–H groups in total. The van der Waals surface area contributed by atoms with E-state index in [1.165, 1.54) is 5.57 Å². The van der Waals surface area contributed by atoms with Crippen molar-refractivity contribution in [1.82, 2.24) is 4.90 Å². The maximum Gasteiger partial charge on any atom is 0.222 e. The van der Waals surface area contributed by atoms with Gasteiger partial charge in [0.1, 0.15) is 0 Å². The SMILES string of the molecule is COCC1=CCN(C(=O)CCCN)CC1. The van der Waals surface area contributed by atoms with Gasteiger partial charge in [-0.1, -0.05) is 6.08 Å². The first kappa shape index (κ1) is 12.2. The van der Waals surface area contributed by atoms with Crippen molar-refractivity contribution in [3.05, 3.63) is 11.6 Å². The summed E-state index contributed by atoms with van der Waals surface area (Å²) in [4.78, 5) is 13.5. The first-order valence-electron chi connectivity index (χ1n) is 5.42. The lowest BCUT2D eigenvalue weighted by Gasteiger charge is -2.26. The van der Waals surface area contributed by atoms with Crippen molar-refractivity contribution < 1.29 is 9.53 Å². The van der Waals surface area contributed by atoms with Crippen LogP contribution in [0.1, 0.15) is 19.3 Å². The lowest BCUT2D eigenvalue weighted by molar-refractivity contribution is -0.130. The molecule has 1 heterocycles. The van der Waals surface area contributed by atoms with Gasteiger partial charge >= 0.3 is 0 Å². The number of carbonyl (C=O) groups is 1. The zero-order valence-corrected chi connectivity index (χ0v) is 9.37. The Morgan fingerprint density at radius 1 is 1.67 bits per heavy atom. The van der Waals surface area contributed by atoms with Crippen molar-refractivity contribution in [2.45, 2.75) is 19.3 Å². The minimum atomic E-state index is 0.216. The van der Waals surface area contributed by atoms with E-state index >= 15 is 0 Å². The minimum Gasteiger partial charge on any atom is -0.380 e. The Morgan fingerprint density at radius 3 is 3.00 bits per heavy atom. The van der Waals surface area contributed by atoms with Gasteiger partial charge in [-0.25, -0.2) is 0 Å². The highest BCUT2D eigenvalue weighted by Gasteiger charge is 2.16. The van der Waals surface area contributed by atoms with Crippen LogP contribution in [-0.2, 0) is 9.53 Å². The molecule has 4 nitrogen and oxygen atoms in total. The third kappa shape index (κ3) is 4.01. The van der Waals surface area contributed by atoms with E-state index in [1.807, 2.05) is 4.90 Å². The summed E-state index contributed by atoms with van der Waals surface area (Å²) >= 11 is 0. The predicted octanol–water partition coefficient (Wildman–Crippen LogP) is 0.530. The first-order chi connectivity index (χ1) is 7.27. The Labute approximate surface area is 91.1 Å². The fourth-order valence-corrected chi connectivity index (χ4v) is 1.67. The van der Waals surface area contributed by atoms with E-state index in [0.717, 1.165) is 25.9 Å². The number of nitrogens with two attached hydrogens (primary N) is 1. The molecule has 1 aliphatic heterocycles. The summed E-state index contributed by atoms with van der Waals surface area (Å²) in [7, 11) is 1.69. The number of hydrogen-bond donors (Lipinski definition) is 1. The Morgan fingerprint density at radius 2 is 2.47 bits per heavy atom. The molecule has 0 fully saturated rings. The number of hydrogen-bond acceptors (Lipinski definition) is 3. The van der Waals surface area contributed by atoms with E-state index in [-0.39, 0.29) is 5.91 Å². The molecule has 0 bridgehead atoms. The van der Waals surface area contributed by atoms with Crippen molar-refractivity contribution >= 4 is 5.91 Å².